The van der Waals surface area contributed by atoms with Crippen LogP contribution in [0.5, 0.6) is 0 Å². The quantitative estimate of drug-likeness (QED) is 0.0981. The summed E-state index contributed by atoms with van der Waals surface area (Å²) in [6.45, 7) is 5.64. The fourth-order valence-corrected chi connectivity index (χ4v) is 4.76. The van der Waals surface area contributed by atoms with E-state index in [4.69, 9.17) is 4.55 Å². The maximum absolute atomic E-state index is 11.4. The predicted molar refractivity (Wildman–Crippen MR) is 132 cm³/mol. The Labute approximate surface area is 192 Å². The van der Waals surface area contributed by atoms with Crippen LogP contribution in [0.2, 0.25) is 0 Å². The van der Waals surface area contributed by atoms with Gasteiger partial charge in [0.2, 0.25) is 5.91 Å². The lowest BCUT2D eigenvalue weighted by molar-refractivity contribution is -0.117. The normalized spacial score (nSPS) is 12.6. The van der Waals surface area contributed by atoms with Gasteiger partial charge in [-0.05, 0) is 12.5 Å². The summed E-state index contributed by atoms with van der Waals surface area (Å²) in [5.74, 6) is -0.845. The molecule has 0 aliphatic carbocycles. The summed E-state index contributed by atoms with van der Waals surface area (Å²) in [4.78, 5) is 11.4. The molecule has 0 aromatic heterocycles. The molecule has 0 aromatic carbocycles. The number of hydrogen-bond donors (Lipinski definition) is 2. The Hall–Kier alpha value is -0.880. The molecule has 0 saturated heterocycles. The third-order valence-electron chi connectivity index (χ3n) is 5.85. The maximum Gasteiger partial charge on any atom is 0.266 e. The Bertz CT molecular complexity index is 534. The molecule has 1 unspecified atom stereocenters. The second-order valence-corrected chi connectivity index (χ2v) is 10.5. The van der Waals surface area contributed by atoms with E-state index in [9.17, 15) is 13.2 Å². The smallest absolute Gasteiger partial charge is 0.266 e. The average molecular weight is 460 g/mol. The van der Waals surface area contributed by atoms with Gasteiger partial charge in [0.15, 0.2) is 0 Å². The van der Waals surface area contributed by atoms with Gasteiger partial charge >= 0.3 is 0 Å². The molecule has 0 aliphatic rings. The first-order valence-corrected chi connectivity index (χ1v) is 14.4. The lowest BCUT2D eigenvalue weighted by Gasteiger charge is -2.16. The first-order valence-electron chi connectivity index (χ1n) is 12.8. The van der Waals surface area contributed by atoms with Crippen molar-refractivity contribution in [3.63, 3.8) is 0 Å². The summed E-state index contributed by atoms with van der Waals surface area (Å²) in [6.07, 6.45) is 25.1. The van der Waals surface area contributed by atoms with Crippen LogP contribution in [0.4, 0.5) is 0 Å². The molecule has 0 heterocycles. The second-order valence-electron chi connectivity index (χ2n) is 8.96. The highest BCUT2D eigenvalue weighted by atomic mass is 32.2. The number of carbonyl (C=O) groups is 1. The van der Waals surface area contributed by atoms with Gasteiger partial charge in [-0.1, -0.05) is 129 Å². The Morgan fingerprint density at radius 2 is 1.13 bits per heavy atom. The number of unbranched alkanes of at least 4 members (excludes halogenated alkanes) is 17. The second kappa shape index (κ2) is 21.0. The van der Waals surface area contributed by atoms with E-state index >= 15 is 0 Å². The lowest BCUT2D eigenvalue weighted by Crippen LogP contribution is -2.38. The minimum absolute atomic E-state index is 0.406. The average Bonchev–Trinajstić information content (AvgIpc) is 2.71. The van der Waals surface area contributed by atoms with Crippen LogP contribution in [-0.2, 0) is 14.9 Å². The molecule has 1 amide bonds. The summed E-state index contributed by atoms with van der Waals surface area (Å²) < 4.78 is 31.2. The van der Waals surface area contributed by atoms with E-state index in [1.807, 2.05) is 0 Å². The van der Waals surface area contributed by atoms with Gasteiger partial charge in [0.1, 0.15) is 0 Å². The fraction of sp³-hybridized carbons (Fsp3) is 0.880. The molecular weight excluding hydrogens is 410 g/mol. The summed E-state index contributed by atoms with van der Waals surface area (Å²) in [5.41, 5.74) is 0. The molecule has 0 saturated carbocycles. The van der Waals surface area contributed by atoms with Crippen molar-refractivity contribution < 1.29 is 17.8 Å². The first kappa shape index (κ1) is 30.1. The summed E-state index contributed by atoms with van der Waals surface area (Å²) in [6, 6.07) is -0.554. The summed E-state index contributed by atoms with van der Waals surface area (Å²) in [5, 5.41) is 2.58. The molecule has 184 valence electrons. The van der Waals surface area contributed by atoms with Crippen LogP contribution in [0.25, 0.3) is 0 Å². The number of nitrogens with one attached hydrogen (secondary N) is 1. The van der Waals surface area contributed by atoms with Crippen LogP contribution in [0.3, 0.4) is 0 Å². The highest BCUT2D eigenvalue weighted by Crippen LogP contribution is 2.15. The van der Waals surface area contributed by atoms with Gasteiger partial charge in [0, 0.05) is 6.04 Å². The van der Waals surface area contributed by atoms with Gasteiger partial charge in [0.05, 0.1) is 5.75 Å². The molecule has 31 heavy (non-hydrogen) atoms. The topological polar surface area (TPSA) is 83.5 Å². The van der Waals surface area contributed by atoms with Crippen LogP contribution >= 0.6 is 0 Å². The van der Waals surface area contributed by atoms with E-state index in [2.05, 4.69) is 18.8 Å². The van der Waals surface area contributed by atoms with Gasteiger partial charge < -0.3 is 5.32 Å². The zero-order valence-corrected chi connectivity index (χ0v) is 20.9. The van der Waals surface area contributed by atoms with Crippen LogP contribution in [-0.4, -0.2) is 30.7 Å². The minimum atomic E-state index is -4.10. The van der Waals surface area contributed by atoms with Gasteiger partial charge in [-0.3, -0.25) is 9.35 Å². The van der Waals surface area contributed by atoms with Gasteiger partial charge in [-0.2, -0.15) is 8.42 Å². The number of carbonyl (C=O) groups excluding carboxylic acids is 1. The Balaban J connectivity index is 3.46. The molecule has 0 bridgehead atoms. The highest BCUT2D eigenvalue weighted by Gasteiger charge is 2.17. The molecule has 0 aromatic rings. The largest absolute Gasteiger partial charge is 0.349 e. The van der Waals surface area contributed by atoms with Crippen molar-refractivity contribution in [2.24, 2.45) is 0 Å². The van der Waals surface area contributed by atoms with Gasteiger partial charge in [-0.25, -0.2) is 0 Å². The molecule has 0 spiro atoms. The van der Waals surface area contributed by atoms with Crippen LogP contribution in [0.15, 0.2) is 12.7 Å². The first-order chi connectivity index (χ1) is 14.9. The number of amides is 1. The SMILES string of the molecule is C=CC(=O)NC(CCCCCCCCCCCCCCCCCCCC)CS(=O)(=O)O. The molecule has 2 N–H and O–H groups in total. The minimum Gasteiger partial charge on any atom is -0.349 e. The van der Waals surface area contributed by atoms with Gasteiger partial charge in [0.25, 0.3) is 10.1 Å². The zero-order chi connectivity index (χ0) is 23.2. The molecule has 0 aliphatic heterocycles. The monoisotopic (exact) mass is 459 g/mol. The van der Waals surface area contributed by atoms with Crippen molar-refractivity contribution in [3.05, 3.63) is 12.7 Å². The standard InChI is InChI=1S/C25H49NO4S/c1-3-5-6-7-8-9-10-11-12-13-14-15-16-17-18-19-20-21-22-24(23-31(28,29)30)26-25(27)4-2/h4,24H,2-3,5-23H2,1H3,(H,26,27)(H,28,29,30). The number of rotatable bonds is 23. The molecule has 1 atom stereocenters. The number of hydrogen-bond acceptors (Lipinski definition) is 3. The van der Waals surface area contributed by atoms with E-state index in [-0.39, 0.29) is 0 Å². The molecule has 0 fully saturated rings. The van der Waals surface area contributed by atoms with E-state index < -0.39 is 27.8 Å². The van der Waals surface area contributed by atoms with Crippen molar-refractivity contribution >= 4 is 16.0 Å². The predicted octanol–water partition coefficient (Wildman–Crippen LogP) is 6.98. The van der Waals surface area contributed by atoms with Gasteiger partial charge in [-0.15, -0.1) is 0 Å². The Morgan fingerprint density at radius 1 is 0.774 bits per heavy atom. The van der Waals surface area contributed by atoms with E-state index in [0.717, 1.165) is 25.3 Å². The third-order valence-corrected chi connectivity index (χ3v) is 6.67. The summed E-state index contributed by atoms with van der Waals surface area (Å²) >= 11 is 0. The Morgan fingerprint density at radius 3 is 1.45 bits per heavy atom. The van der Waals surface area contributed by atoms with Crippen molar-refractivity contribution in [2.75, 3.05) is 5.75 Å². The van der Waals surface area contributed by atoms with E-state index in [0.29, 0.717) is 6.42 Å². The van der Waals surface area contributed by atoms with Crippen molar-refractivity contribution in [1.82, 2.24) is 5.32 Å². The van der Waals surface area contributed by atoms with E-state index in [1.165, 1.54) is 96.3 Å². The third kappa shape index (κ3) is 23.6. The molecule has 0 rings (SSSR count). The van der Waals surface area contributed by atoms with Crippen molar-refractivity contribution in [2.45, 2.75) is 135 Å². The summed E-state index contributed by atoms with van der Waals surface area (Å²) in [7, 11) is -4.10. The maximum atomic E-state index is 11.4. The zero-order valence-electron chi connectivity index (χ0n) is 20.1. The molecular formula is C25H49NO4S. The van der Waals surface area contributed by atoms with Crippen LogP contribution in [0.1, 0.15) is 129 Å². The Kier molecular flexibility index (Phi) is 20.4. The van der Waals surface area contributed by atoms with Crippen molar-refractivity contribution in [3.8, 4) is 0 Å². The molecule has 0 radical (unpaired) electrons. The molecule has 6 heteroatoms. The van der Waals surface area contributed by atoms with Crippen LogP contribution in [0, 0.1) is 0 Å². The molecule has 5 nitrogen and oxygen atoms in total. The fourth-order valence-electron chi connectivity index (χ4n) is 4.00. The highest BCUT2D eigenvalue weighted by molar-refractivity contribution is 7.85. The lowest BCUT2D eigenvalue weighted by atomic mass is 10.0. The van der Waals surface area contributed by atoms with Crippen molar-refractivity contribution in [1.29, 1.82) is 0 Å². The van der Waals surface area contributed by atoms with Crippen LogP contribution < -0.4 is 5.32 Å². The van der Waals surface area contributed by atoms with E-state index in [1.54, 1.807) is 0 Å².